The van der Waals surface area contributed by atoms with E-state index in [0.717, 1.165) is 42.9 Å². The Labute approximate surface area is 692 Å². The quantitative estimate of drug-likeness (QED) is 0.0263. The number of nitrogen functional groups attached to an aromatic ring is 1. The van der Waals surface area contributed by atoms with Gasteiger partial charge in [0.1, 0.15) is 38.8 Å². The zero-order chi connectivity index (χ0) is 86.3. The molecule has 11 aromatic rings. The third-order valence-electron chi connectivity index (χ3n) is 13.3. The lowest BCUT2D eigenvalue weighted by Gasteiger charge is -2.26. The van der Waals surface area contributed by atoms with Crippen molar-refractivity contribution in [2.75, 3.05) is 68.1 Å². The maximum atomic E-state index is 11.8. The van der Waals surface area contributed by atoms with Crippen molar-refractivity contribution in [1.29, 1.82) is 0 Å². The largest absolute Gasteiger partial charge is 0.478 e. The molecule has 0 bridgehead atoms. The smallest absolute Gasteiger partial charge is 0.419 e. The van der Waals surface area contributed by atoms with Crippen molar-refractivity contribution >= 4 is 184 Å². The van der Waals surface area contributed by atoms with E-state index in [4.69, 9.17) is 92.9 Å². The van der Waals surface area contributed by atoms with Crippen LogP contribution in [0.15, 0.2) is 182 Å². The number of aromatic carboxylic acids is 2. The molecule has 1 aliphatic heterocycles. The monoisotopic (exact) mass is 1740 g/mol. The summed E-state index contributed by atoms with van der Waals surface area (Å²) in [4.78, 5) is 171. The zero-order valence-electron chi connectivity index (χ0n) is 62.8. The van der Waals surface area contributed by atoms with Gasteiger partial charge in [-0.15, -0.1) is 11.3 Å². The van der Waals surface area contributed by atoms with Crippen LogP contribution in [-0.2, 0) is 23.7 Å². The first-order chi connectivity index (χ1) is 54.8. The molecule has 43 heteroatoms. The van der Waals surface area contributed by atoms with Crippen molar-refractivity contribution in [3.63, 3.8) is 0 Å². The second-order valence-electron chi connectivity index (χ2n) is 24.1. The van der Waals surface area contributed by atoms with Gasteiger partial charge in [-0.2, -0.15) is 0 Å². The average molecular weight is 1740 g/mol. The lowest BCUT2D eigenvalue weighted by Crippen LogP contribution is -2.46. The molecular formula is C73H76Cl6N16O20S. The number of esters is 2. The Morgan fingerprint density at radius 1 is 0.560 bits per heavy atom. The van der Waals surface area contributed by atoms with E-state index in [1.54, 1.807) is 109 Å². The van der Waals surface area contributed by atoms with Crippen LogP contribution in [0.25, 0.3) is 32.7 Å². The number of thiophene rings is 1. The van der Waals surface area contributed by atoms with Crippen molar-refractivity contribution in [3.8, 4) is 0 Å². The molecule has 0 spiro atoms. The number of aromatic nitrogens is 10. The zero-order valence-corrected chi connectivity index (χ0v) is 68.2. The molecule has 0 aromatic carbocycles. The molecule has 1 saturated heterocycles. The van der Waals surface area contributed by atoms with Crippen LogP contribution in [0.1, 0.15) is 106 Å². The van der Waals surface area contributed by atoms with Gasteiger partial charge in [-0.1, -0.05) is 29.3 Å². The Kier molecular flexibility index (Phi) is 39.9. The van der Waals surface area contributed by atoms with E-state index >= 15 is 0 Å². The molecule has 0 radical (unpaired) electrons. The summed E-state index contributed by atoms with van der Waals surface area (Å²) >= 11 is 33.0. The van der Waals surface area contributed by atoms with Crippen molar-refractivity contribution in [2.24, 2.45) is 0 Å². The molecule has 1 aliphatic rings. The van der Waals surface area contributed by atoms with E-state index < -0.39 is 79.2 Å². The third-order valence-corrected chi connectivity index (χ3v) is 15.3. The Morgan fingerprint density at radius 3 is 1.36 bits per heavy atom. The van der Waals surface area contributed by atoms with E-state index in [-0.39, 0.29) is 62.5 Å². The normalized spacial score (nSPS) is 11.1. The number of hydrogen-bond acceptors (Lipinski definition) is 29. The van der Waals surface area contributed by atoms with E-state index in [1.807, 2.05) is 43.2 Å². The molecule has 1 fully saturated rings. The van der Waals surface area contributed by atoms with Crippen molar-refractivity contribution in [2.45, 2.75) is 70.6 Å². The fourth-order valence-electron chi connectivity index (χ4n) is 8.51. The van der Waals surface area contributed by atoms with Gasteiger partial charge in [-0.05, 0) is 156 Å². The van der Waals surface area contributed by atoms with Gasteiger partial charge in [0.15, 0.2) is 0 Å². The van der Waals surface area contributed by atoms with Crippen molar-refractivity contribution < 1.29 is 76.7 Å². The van der Waals surface area contributed by atoms with E-state index in [1.165, 1.54) is 79.2 Å². The Balaban J connectivity index is 0.000000278. The molecule has 3 amide bonds. The Morgan fingerprint density at radius 2 is 0.974 bits per heavy atom. The number of nitrogens with two attached hydrogens (primary N) is 1. The number of amides is 3. The summed E-state index contributed by atoms with van der Waals surface area (Å²) in [6.07, 6.45) is 19.6. The van der Waals surface area contributed by atoms with Crippen LogP contribution in [0.3, 0.4) is 0 Å². The molecule has 116 heavy (non-hydrogen) atoms. The van der Waals surface area contributed by atoms with E-state index in [2.05, 4.69) is 91.9 Å². The van der Waals surface area contributed by atoms with Crippen LogP contribution in [0.5, 0.6) is 0 Å². The molecule has 12 rings (SSSR count). The average Bonchev–Trinajstić information content (AvgIpc) is 0.876. The number of pyridine rings is 9. The fourth-order valence-corrected chi connectivity index (χ4v) is 10.3. The number of piperazine rings is 1. The molecule has 0 atom stereocenters. The van der Waals surface area contributed by atoms with Crippen LogP contribution >= 0.6 is 80.9 Å². The van der Waals surface area contributed by atoms with Crippen LogP contribution in [0, 0.1) is 0 Å². The topological polar surface area (TPSA) is 520 Å². The molecule has 12 heterocycles. The molecule has 616 valence electrons. The number of rotatable bonds is 10. The highest BCUT2D eigenvalue weighted by Gasteiger charge is 2.25. The number of fused-ring (bicyclic) bond motifs is 3. The van der Waals surface area contributed by atoms with Crippen LogP contribution in [0.4, 0.5) is 37.1 Å². The number of ether oxygens (including phenoxy) is 5. The van der Waals surface area contributed by atoms with Gasteiger partial charge in [0.25, 0.3) is 17.0 Å². The van der Waals surface area contributed by atoms with Gasteiger partial charge in [0.2, 0.25) is 0 Å². The number of alkyl halides is 3. The number of nitrogens with zero attached hydrogens (tertiary/aromatic N) is 8. The molecule has 0 saturated carbocycles. The first kappa shape index (κ1) is 96.1. The SMILES string of the molecule is CC(C)(C)OC(=O)Nc1ccncc1.CC(C)(C)OC(=O)Nc1ccncc1C(=O)O.CCOC(=O)c1c(Cl)c2cnccc2[nH]c1=O.CCOC(=O)c1c(Cl)c2cnccc2[nH]c1=O.CNc1ccncc1C(=O)O.Nc1ccncc1.O=C(Cl)OC(Cl)(Cl)Cl.O=C(c1cccs1)N1CCNCC1.O=c1[nH]c2ccncc2c(=O)o1. The fraction of sp³-hybridized carbons (Fsp3) is 0.247. The van der Waals surface area contributed by atoms with Crippen molar-refractivity contribution in [1.82, 2.24) is 60.1 Å². The third kappa shape index (κ3) is 34.6. The van der Waals surface area contributed by atoms with Crippen molar-refractivity contribution in [3.05, 3.63) is 238 Å². The number of carboxylic acid groups (broad SMARTS) is 2. The van der Waals surface area contributed by atoms with Gasteiger partial charge in [-0.25, -0.2) is 43.2 Å². The maximum absolute atomic E-state index is 11.8. The van der Waals surface area contributed by atoms with Crippen LogP contribution < -0.4 is 49.5 Å². The number of H-pyrrole nitrogens is 3. The number of aromatic amines is 3. The van der Waals surface area contributed by atoms with Crippen LogP contribution in [0.2, 0.25) is 10.0 Å². The molecule has 0 aliphatic carbocycles. The standard InChI is InChI=1S/2C11H9ClN2O3.C11H14N2O4.C10H14N2O2.C9H12N2OS.C7H4N2O3.C7H8N2O2.C5H6N2.C2Cl4O2/c2*1-2-17-11(16)8-9(12)6-5-13-4-3-7(6)14-10(8)15;1-11(2,3)17-10(16)13-8-4-5-12-6-7(8)9(14)15;1-10(2,3)14-9(13)12-8-4-6-11-7-5-8;12-9(8-2-1-7-13-8)11-5-3-10-4-6-11;10-6-4-3-8-2-1-5(4)9-7(11)12-6;1-8-6-2-3-9-4-5(6)7(10)11;6-5-1-3-7-4-2-5;3-1(7)8-2(4,5)6/h2*3-5H,2H2,1H3,(H,14,15);4-6H,1-3H3,(H,14,15)(H,12,13,16);4-7H,1-3H3,(H,11,12,13);1-2,7,10H,3-6H2;1-3H,(H,9,11);2-4H,1H3,(H,8,9)(H,10,11);1-4H,(H2,6,7);. The highest BCUT2D eigenvalue weighted by Crippen LogP contribution is 2.29. The predicted octanol–water partition coefficient (Wildman–Crippen LogP) is 12.9. The molecule has 11 N–H and O–H groups in total. The minimum Gasteiger partial charge on any atom is -0.478 e. The summed E-state index contributed by atoms with van der Waals surface area (Å²) in [5.41, 5.74) is 4.66. The molecule has 36 nitrogen and oxygen atoms in total. The van der Waals surface area contributed by atoms with Crippen LogP contribution in [-0.4, -0.2) is 174 Å². The van der Waals surface area contributed by atoms with Gasteiger partial charge >= 0.3 is 56.9 Å². The number of carboxylic acids is 2. The Bertz CT molecular complexity index is 5230. The first-order valence-electron chi connectivity index (χ1n) is 33.5. The second-order valence-corrected chi connectivity index (χ2v) is 28.3. The summed E-state index contributed by atoms with van der Waals surface area (Å²) in [6, 6.07) is 18.5. The summed E-state index contributed by atoms with van der Waals surface area (Å²) in [5.74, 6) is -4.17. The van der Waals surface area contributed by atoms with Gasteiger partial charge in [0, 0.05) is 154 Å². The van der Waals surface area contributed by atoms with Gasteiger partial charge in [0.05, 0.1) is 56.1 Å². The predicted molar refractivity (Wildman–Crippen MR) is 438 cm³/mol. The molecule has 11 aromatic heterocycles. The summed E-state index contributed by atoms with van der Waals surface area (Å²) in [6.45, 7) is 17.8. The minimum absolute atomic E-state index is 0.0651. The number of nitrogens with one attached hydrogen (secondary N) is 7. The summed E-state index contributed by atoms with van der Waals surface area (Å²) in [5, 5.41) is 31.8. The van der Waals surface area contributed by atoms with Gasteiger partial charge < -0.3 is 69.5 Å². The highest BCUT2D eigenvalue weighted by molar-refractivity contribution is 7.12. The molecular weight excluding hydrogens is 1670 g/mol. The number of halogens is 6. The number of anilines is 4. The number of carbonyl (C=O) groups excluding carboxylic acids is 6. The maximum Gasteiger partial charge on any atom is 0.419 e. The lowest BCUT2D eigenvalue weighted by atomic mass is 10.2. The number of hydrogen-bond donors (Lipinski definition) is 10. The Hall–Kier alpha value is -12.2. The lowest BCUT2D eigenvalue weighted by molar-refractivity contribution is 0.0515. The summed E-state index contributed by atoms with van der Waals surface area (Å²) < 4.78 is 25.7. The molecule has 0 unspecified atom stereocenters. The minimum atomic E-state index is -2.04. The first-order valence-corrected chi connectivity index (χ1v) is 36.6. The van der Waals surface area contributed by atoms with E-state index in [9.17, 15) is 57.5 Å². The highest BCUT2D eigenvalue weighted by atomic mass is 35.6. The summed E-state index contributed by atoms with van der Waals surface area (Å²) in [7, 11) is 1.67. The second kappa shape index (κ2) is 48.1. The van der Waals surface area contributed by atoms with Gasteiger partial charge in [-0.3, -0.25) is 64.9 Å². The number of carbonyl (C=O) groups is 8. The van der Waals surface area contributed by atoms with E-state index in [0.29, 0.717) is 38.7 Å².